The van der Waals surface area contributed by atoms with Gasteiger partial charge < -0.3 is 31.5 Å². The van der Waals surface area contributed by atoms with Gasteiger partial charge in [0.2, 0.25) is 23.6 Å². The van der Waals surface area contributed by atoms with Crippen LogP contribution in [0, 0.1) is 11.8 Å². The van der Waals surface area contributed by atoms with E-state index in [4.69, 9.17) is 0 Å². The molecular weight excluding hydrogens is 622 g/mol. The average Bonchev–Trinajstić information content (AvgIpc) is 3.07. The number of likely N-dealkylation sites (N-methyl/N-ethyl adjacent to an activating group) is 2. The number of amides is 5. The average molecular weight is 680 g/mol. The predicted octanol–water partition coefficient (Wildman–Crippen LogP) is 2.84. The molecule has 49 heavy (non-hydrogen) atoms. The minimum atomic E-state index is -0.826. The van der Waals surface area contributed by atoms with Gasteiger partial charge in [0, 0.05) is 44.1 Å². The zero-order chi connectivity index (χ0) is 36.5. The standard InChI is InChI=1S/C37H57N7O5/c1-9-14-31(44(8)37(49)30(21-24(3)4)42-34(46)28-17-19-38-20-18-28)35(47)41-29(22-27-15-12-11-13-16-27)23-40-26(7)33(45)43-32(25(5)6)36(48)39-10-2/h11-13,15-20,24-26,29-32,40H,9-10,14,21-23H2,1-8H3,(H,39,48)(H,41,47)(H,42,46)(H,43,45)/t26-,29?,30?,31-,32?/m0/s1. The largest absolute Gasteiger partial charge is 0.355 e. The molecule has 0 aliphatic carbocycles. The summed E-state index contributed by atoms with van der Waals surface area (Å²) in [6.07, 6.45) is 4.99. The summed E-state index contributed by atoms with van der Waals surface area (Å²) < 4.78 is 0. The third kappa shape index (κ3) is 13.6. The minimum absolute atomic E-state index is 0.105. The van der Waals surface area contributed by atoms with E-state index in [2.05, 4.69) is 31.6 Å². The lowest BCUT2D eigenvalue weighted by Gasteiger charge is -2.33. The van der Waals surface area contributed by atoms with E-state index in [9.17, 15) is 24.0 Å². The second-order valence-corrected chi connectivity index (χ2v) is 13.3. The van der Waals surface area contributed by atoms with Crippen molar-refractivity contribution in [3.05, 3.63) is 66.0 Å². The first kappa shape index (κ1) is 40.9. The Labute approximate surface area is 292 Å². The molecule has 0 aliphatic heterocycles. The molecule has 12 heteroatoms. The number of carbonyl (C=O) groups excluding carboxylic acids is 5. The molecule has 270 valence electrons. The lowest BCUT2D eigenvalue weighted by Crippen LogP contribution is -2.58. The Morgan fingerprint density at radius 3 is 2.04 bits per heavy atom. The molecule has 0 saturated carbocycles. The Morgan fingerprint density at radius 2 is 1.47 bits per heavy atom. The molecule has 0 spiro atoms. The van der Waals surface area contributed by atoms with Crippen LogP contribution in [0.1, 0.15) is 83.7 Å². The molecule has 5 N–H and O–H groups in total. The third-order valence-corrected chi connectivity index (χ3v) is 8.27. The first-order valence-electron chi connectivity index (χ1n) is 17.4. The molecule has 2 aromatic rings. The number of carbonyl (C=O) groups is 5. The van der Waals surface area contributed by atoms with E-state index in [1.165, 1.54) is 17.3 Å². The van der Waals surface area contributed by atoms with Gasteiger partial charge in [-0.15, -0.1) is 0 Å². The van der Waals surface area contributed by atoms with E-state index in [0.717, 1.165) is 5.56 Å². The monoisotopic (exact) mass is 679 g/mol. The van der Waals surface area contributed by atoms with Crippen LogP contribution in [0.3, 0.4) is 0 Å². The zero-order valence-corrected chi connectivity index (χ0v) is 30.4. The number of hydrogen-bond donors (Lipinski definition) is 5. The molecule has 2 rings (SSSR count). The second-order valence-electron chi connectivity index (χ2n) is 13.3. The Bertz CT molecular complexity index is 1340. The maximum Gasteiger partial charge on any atom is 0.252 e. The molecule has 12 nitrogen and oxygen atoms in total. The summed E-state index contributed by atoms with van der Waals surface area (Å²) in [5.41, 5.74) is 1.39. The topological polar surface area (TPSA) is 162 Å². The van der Waals surface area contributed by atoms with Crippen LogP contribution in [0.5, 0.6) is 0 Å². The van der Waals surface area contributed by atoms with Crippen molar-refractivity contribution in [2.45, 2.75) is 104 Å². The second kappa shape index (κ2) is 20.9. The highest BCUT2D eigenvalue weighted by Gasteiger charge is 2.33. The van der Waals surface area contributed by atoms with E-state index >= 15 is 0 Å². The van der Waals surface area contributed by atoms with E-state index in [1.807, 2.05) is 71.9 Å². The Morgan fingerprint density at radius 1 is 0.816 bits per heavy atom. The first-order valence-corrected chi connectivity index (χ1v) is 17.4. The smallest absolute Gasteiger partial charge is 0.252 e. The molecule has 0 saturated heterocycles. The summed E-state index contributed by atoms with van der Waals surface area (Å²) >= 11 is 0. The molecule has 0 aliphatic rings. The van der Waals surface area contributed by atoms with Crippen molar-refractivity contribution in [2.24, 2.45) is 11.8 Å². The van der Waals surface area contributed by atoms with E-state index in [0.29, 0.717) is 37.8 Å². The molecule has 3 unspecified atom stereocenters. The molecule has 1 aromatic carbocycles. The number of hydrogen-bond acceptors (Lipinski definition) is 7. The van der Waals surface area contributed by atoms with Crippen molar-refractivity contribution in [1.82, 2.24) is 36.5 Å². The molecule has 5 atom stereocenters. The third-order valence-electron chi connectivity index (χ3n) is 8.27. The highest BCUT2D eigenvalue weighted by atomic mass is 16.2. The van der Waals surface area contributed by atoms with Crippen molar-refractivity contribution >= 4 is 29.5 Å². The van der Waals surface area contributed by atoms with Crippen LogP contribution in [-0.2, 0) is 25.6 Å². The van der Waals surface area contributed by atoms with Crippen LogP contribution in [-0.4, -0.2) is 89.8 Å². The van der Waals surface area contributed by atoms with E-state index < -0.39 is 30.2 Å². The molecule has 1 heterocycles. The SMILES string of the molecule is CCC[C@@H](C(=O)NC(CN[C@@H](C)C(=O)NC(C(=O)NCC)C(C)C)Cc1ccccc1)N(C)C(=O)C(CC(C)C)NC(=O)c1ccncc1. The van der Waals surface area contributed by atoms with Gasteiger partial charge in [-0.1, -0.05) is 71.4 Å². The van der Waals surface area contributed by atoms with E-state index in [1.54, 1.807) is 26.1 Å². The van der Waals surface area contributed by atoms with Crippen LogP contribution in [0.2, 0.25) is 0 Å². The van der Waals surface area contributed by atoms with Gasteiger partial charge in [-0.25, -0.2) is 0 Å². The van der Waals surface area contributed by atoms with Crippen molar-refractivity contribution < 1.29 is 24.0 Å². The van der Waals surface area contributed by atoms with Gasteiger partial charge in [-0.3, -0.25) is 29.0 Å². The molecular formula is C37H57N7O5. The van der Waals surface area contributed by atoms with E-state index in [-0.39, 0.29) is 47.9 Å². The fourth-order valence-corrected chi connectivity index (χ4v) is 5.49. The fourth-order valence-electron chi connectivity index (χ4n) is 5.49. The van der Waals surface area contributed by atoms with Gasteiger partial charge in [0.05, 0.1) is 6.04 Å². The van der Waals surface area contributed by atoms with Gasteiger partial charge in [0.1, 0.15) is 18.1 Å². The summed E-state index contributed by atoms with van der Waals surface area (Å²) in [7, 11) is 1.60. The summed E-state index contributed by atoms with van der Waals surface area (Å²) in [4.78, 5) is 71.9. The molecule has 1 aromatic heterocycles. The maximum absolute atomic E-state index is 14.0. The fraction of sp³-hybridized carbons (Fsp3) is 0.568. The highest BCUT2D eigenvalue weighted by molar-refractivity contribution is 5.98. The summed E-state index contributed by atoms with van der Waals surface area (Å²) in [6.45, 7) is 13.9. The van der Waals surface area contributed by atoms with Gasteiger partial charge >= 0.3 is 0 Å². The zero-order valence-electron chi connectivity index (χ0n) is 30.4. The molecule has 5 amide bonds. The Balaban J connectivity index is 2.22. The van der Waals surface area contributed by atoms with Crippen LogP contribution >= 0.6 is 0 Å². The lowest BCUT2D eigenvalue weighted by molar-refractivity contribution is -0.141. The molecule has 0 bridgehead atoms. The predicted molar refractivity (Wildman–Crippen MR) is 191 cm³/mol. The number of nitrogens with zero attached hydrogens (tertiary/aromatic N) is 2. The highest BCUT2D eigenvalue weighted by Crippen LogP contribution is 2.14. The maximum atomic E-state index is 14.0. The Hall–Kier alpha value is -4.32. The van der Waals surface area contributed by atoms with Crippen LogP contribution in [0.25, 0.3) is 0 Å². The number of nitrogens with one attached hydrogen (secondary N) is 5. The van der Waals surface area contributed by atoms with Crippen molar-refractivity contribution in [2.75, 3.05) is 20.1 Å². The number of aromatic nitrogens is 1. The normalized spacial score (nSPS) is 14.2. The minimum Gasteiger partial charge on any atom is -0.355 e. The van der Waals surface area contributed by atoms with Gasteiger partial charge in [-0.05, 0) is 62.6 Å². The van der Waals surface area contributed by atoms with Gasteiger partial charge in [0.25, 0.3) is 5.91 Å². The summed E-state index contributed by atoms with van der Waals surface area (Å²) in [5, 5.41) is 14.9. The number of pyridine rings is 1. The van der Waals surface area contributed by atoms with Crippen LogP contribution < -0.4 is 26.6 Å². The van der Waals surface area contributed by atoms with Crippen molar-refractivity contribution in [3.63, 3.8) is 0 Å². The van der Waals surface area contributed by atoms with Crippen molar-refractivity contribution in [3.8, 4) is 0 Å². The molecule has 0 radical (unpaired) electrons. The number of benzene rings is 1. The van der Waals surface area contributed by atoms with Crippen molar-refractivity contribution in [1.29, 1.82) is 0 Å². The first-order chi connectivity index (χ1) is 23.3. The van der Waals surface area contributed by atoms with Crippen LogP contribution in [0.15, 0.2) is 54.9 Å². The quantitative estimate of drug-likeness (QED) is 0.144. The molecule has 0 fully saturated rings. The van der Waals surface area contributed by atoms with Gasteiger partial charge in [0.15, 0.2) is 0 Å². The summed E-state index contributed by atoms with van der Waals surface area (Å²) in [6, 6.07) is 9.51. The Kier molecular flexibility index (Phi) is 17.4. The lowest BCUT2D eigenvalue weighted by atomic mass is 10.00. The summed E-state index contributed by atoms with van der Waals surface area (Å²) in [5.74, 6) is -1.61. The van der Waals surface area contributed by atoms with Crippen LogP contribution in [0.4, 0.5) is 0 Å². The van der Waals surface area contributed by atoms with Gasteiger partial charge in [-0.2, -0.15) is 0 Å². The number of rotatable bonds is 20.